The Bertz CT molecular complexity index is 1180. The van der Waals surface area contributed by atoms with Crippen molar-refractivity contribution >= 4 is 40.3 Å². The van der Waals surface area contributed by atoms with E-state index in [9.17, 15) is 4.79 Å². The number of hydrogen-bond donors (Lipinski definition) is 2. The number of carbonyl (C=O) groups excluding carboxylic acids is 1. The largest absolute Gasteiger partial charge is 0.495 e. The maximum Gasteiger partial charge on any atom is 0.255 e. The molecule has 152 valence electrons. The fourth-order valence-corrected chi connectivity index (χ4v) is 3.72. The highest BCUT2D eigenvalue weighted by atomic mass is 32.1. The van der Waals surface area contributed by atoms with Crippen molar-refractivity contribution < 1.29 is 14.3 Å². The van der Waals surface area contributed by atoms with E-state index in [1.165, 1.54) is 0 Å². The summed E-state index contributed by atoms with van der Waals surface area (Å²) < 4.78 is 10.7. The van der Waals surface area contributed by atoms with Crippen LogP contribution in [-0.4, -0.2) is 35.3 Å². The van der Waals surface area contributed by atoms with E-state index in [0.29, 0.717) is 29.4 Å². The van der Waals surface area contributed by atoms with Gasteiger partial charge in [-0.05, 0) is 41.3 Å². The van der Waals surface area contributed by atoms with Gasteiger partial charge >= 0.3 is 0 Å². The van der Waals surface area contributed by atoms with Crippen LogP contribution in [0.3, 0.4) is 0 Å². The number of thiophene rings is 1. The molecule has 1 amide bonds. The molecule has 0 aliphatic rings. The zero-order chi connectivity index (χ0) is 20.9. The van der Waals surface area contributed by atoms with Gasteiger partial charge in [-0.15, -0.1) is 11.3 Å². The fourth-order valence-electron chi connectivity index (χ4n) is 3.08. The van der Waals surface area contributed by atoms with E-state index >= 15 is 0 Å². The molecule has 0 unspecified atom stereocenters. The molecule has 1 aromatic carbocycles. The summed E-state index contributed by atoms with van der Waals surface area (Å²) in [5, 5.41) is 13.0. The quantitative estimate of drug-likeness (QED) is 0.469. The van der Waals surface area contributed by atoms with Gasteiger partial charge in [0.1, 0.15) is 5.75 Å². The lowest BCUT2D eigenvalue weighted by Crippen LogP contribution is -2.22. The van der Waals surface area contributed by atoms with Crippen LogP contribution in [0.4, 0.5) is 0 Å². The van der Waals surface area contributed by atoms with E-state index in [1.54, 1.807) is 43.9 Å². The minimum absolute atomic E-state index is 0.197. The lowest BCUT2D eigenvalue weighted by atomic mass is 10.1. The Morgan fingerprint density at radius 1 is 1.17 bits per heavy atom. The maximum absolute atomic E-state index is 12.8. The zero-order valence-corrected chi connectivity index (χ0v) is 17.3. The third-order valence-corrected chi connectivity index (χ3v) is 5.44. The summed E-state index contributed by atoms with van der Waals surface area (Å²) in [5.41, 5.74) is 2.82. The number of rotatable bonds is 7. The van der Waals surface area contributed by atoms with Gasteiger partial charge in [0.15, 0.2) is 0 Å². The predicted octanol–water partition coefficient (Wildman–Crippen LogP) is 4.14. The Kier molecular flexibility index (Phi) is 5.76. The van der Waals surface area contributed by atoms with Crippen LogP contribution in [-0.2, 0) is 6.54 Å². The molecular formula is C22H20N4O3S. The van der Waals surface area contributed by atoms with E-state index in [0.717, 1.165) is 21.3 Å². The number of amides is 1. The van der Waals surface area contributed by atoms with Crippen LogP contribution in [0.1, 0.15) is 26.5 Å². The summed E-state index contributed by atoms with van der Waals surface area (Å²) in [7, 11) is 3.13. The van der Waals surface area contributed by atoms with Crippen molar-refractivity contribution in [1.29, 1.82) is 0 Å². The van der Waals surface area contributed by atoms with Crippen molar-refractivity contribution in [2.75, 3.05) is 14.2 Å². The van der Waals surface area contributed by atoms with Crippen LogP contribution in [0.2, 0.25) is 0 Å². The number of nitrogens with zero attached hydrogens (tertiary/aromatic N) is 2. The lowest BCUT2D eigenvalue weighted by molar-refractivity contribution is 0.0948. The molecule has 0 aliphatic carbocycles. The molecular weight excluding hydrogens is 400 g/mol. The number of methoxy groups -OCH3 is 2. The minimum atomic E-state index is -0.197. The number of nitrogens with one attached hydrogen (secondary N) is 2. The number of pyridine rings is 1. The highest BCUT2D eigenvalue weighted by molar-refractivity contribution is 7.09. The molecule has 0 spiro atoms. The first-order valence-electron chi connectivity index (χ1n) is 9.23. The second-order valence-corrected chi connectivity index (χ2v) is 7.44. The summed E-state index contributed by atoms with van der Waals surface area (Å²) in [6, 6.07) is 11.2. The Labute approximate surface area is 177 Å². The average molecular weight is 420 g/mol. The molecule has 4 rings (SSSR count). The monoisotopic (exact) mass is 420 g/mol. The van der Waals surface area contributed by atoms with Gasteiger partial charge < -0.3 is 14.8 Å². The molecule has 0 atom stereocenters. The summed E-state index contributed by atoms with van der Waals surface area (Å²) in [5.74, 6) is 0.840. The van der Waals surface area contributed by atoms with E-state index in [2.05, 4.69) is 20.5 Å². The van der Waals surface area contributed by atoms with Gasteiger partial charge in [-0.2, -0.15) is 5.10 Å². The van der Waals surface area contributed by atoms with Crippen molar-refractivity contribution in [3.63, 3.8) is 0 Å². The van der Waals surface area contributed by atoms with Gasteiger partial charge in [-0.1, -0.05) is 12.1 Å². The molecule has 0 bridgehead atoms. The number of carbonyl (C=O) groups is 1. The van der Waals surface area contributed by atoms with Gasteiger partial charge in [0.25, 0.3) is 5.91 Å². The second kappa shape index (κ2) is 8.79. The number of H-pyrrole nitrogens is 1. The third-order valence-electron chi connectivity index (χ3n) is 4.56. The first-order valence-corrected chi connectivity index (χ1v) is 10.1. The Morgan fingerprint density at radius 3 is 2.77 bits per heavy atom. The molecule has 2 N–H and O–H groups in total. The molecule has 0 aliphatic heterocycles. The average Bonchev–Trinajstić information content (AvgIpc) is 3.45. The van der Waals surface area contributed by atoms with Gasteiger partial charge in [0.2, 0.25) is 5.88 Å². The molecule has 0 fully saturated rings. The number of aromatic amines is 1. The minimum Gasteiger partial charge on any atom is -0.495 e. The molecule has 0 saturated heterocycles. The van der Waals surface area contributed by atoms with Gasteiger partial charge in [-0.3, -0.25) is 9.89 Å². The van der Waals surface area contributed by atoms with Gasteiger partial charge in [0, 0.05) is 17.1 Å². The van der Waals surface area contributed by atoms with E-state index in [1.807, 2.05) is 41.8 Å². The number of hydrogen-bond acceptors (Lipinski definition) is 6. The summed E-state index contributed by atoms with van der Waals surface area (Å²) in [6.07, 6.45) is 5.47. The molecule has 3 aromatic heterocycles. The Hall–Kier alpha value is -3.65. The smallest absolute Gasteiger partial charge is 0.255 e. The normalized spacial score (nSPS) is 11.1. The molecule has 7 nitrogen and oxygen atoms in total. The summed E-state index contributed by atoms with van der Waals surface area (Å²) >= 11 is 1.60. The highest BCUT2D eigenvalue weighted by Gasteiger charge is 2.18. The lowest BCUT2D eigenvalue weighted by Gasteiger charge is -2.10. The summed E-state index contributed by atoms with van der Waals surface area (Å²) in [4.78, 5) is 18.1. The zero-order valence-electron chi connectivity index (χ0n) is 16.5. The van der Waals surface area contributed by atoms with Crippen LogP contribution in [0.25, 0.3) is 23.1 Å². The van der Waals surface area contributed by atoms with Crippen LogP contribution >= 0.6 is 11.3 Å². The molecule has 0 saturated carbocycles. The summed E-state index contributed by atoms with van der Waals surface area (Å²) in [6.45, 7) is 0.473. The molecule has 3 heterocycles. The van der Waals surface area contributed by atoms with Crippen LogP contribution in [0.5, 0.6) is 11.6 Å². The molecule has 0 radical (unpaired) electrons. The SMILES string of the molecule is COc1ccc(/C=C/c2n[nH]c3ccc(C(=O)NCc4cccs4)c(OC)c23)cn1. The van der Waals surface area contributed by atoms with E-state index in [-0.39, 0.29) is 5.91 Å². The molecule has 30 heavy (non-hydrogen) atoms. The molecule has 8 heteroatoms. The van der Waals surface area contributed by atoms with Crippen LogP contribution in [0.15, 0.2) is 48.0 Å². The van der Waals surface area contributed by atoms with Crippen LogP contribution in [0, 0.1) is 0 Å². The van der Waals surface area contributed by atoms with Gasteiger partial charge in [-0.25, -0.2) is 4.98 Å². The van der Waals surface area contributed by atoms with Crippen molar-refractivity contribution in [3.05, 3.63) is 69.7 Å². The third kappa shape index (κ3) is 4.04. The standard InChI is InChI=1S/C22H20N4O3S/c1-28-19-10-6-14(12-23-19)5-8-17-20-18(26-25-17)9-7-16(21(20)29-2)22(27)24-13-15-4-3-11-30-15/h3-12H,13H2,1-2H3,(H,24,27)(H,25,26)/b8-5+. The van der Waals surface area contributed by atoms with Crippen molar-refractivity contribution in [2.24, 2.45) is 0 Å². The van der Waals surface area contributed by atoms with Crippen molar-refractivity contribution in [1.82, 2.24) is 20.5 Å². The van der Waals surface area contributed by atoms with Gasteiger partial charge in [0.05, 0.1) is 42.9 Å². The highest BCUT2D eigenvalue weighted by Crippen LogP contribution is 2.32. The van der Waals surface area contributed by atoms with E-state index in [4.69, 9.17) is 9.47 Å². The predicted molar refractivity (Wildman–Crippen MR) is 118 cm³/mol. The molecule has 4 aromatic rings. The maximum atomic E-state index is 12.8. The topological polar surface area (TPSA) is 89.1 Å². The van der Waals surface area contributed by atoms with Crippen LogP contribution < -0.4 is 14.8 Å². The number of fused-ring (bicyclic) bond motifs is 1. The number of aromatic nitrogens is 3. The fraction of sp³-hybridized carbons (Fsp3) is 0.136. The Balaban J connectivity index is 1.63. The second-order valence-electron chi connectivity index (χ2n) is 6.41. The Morgan fingerprint density at radius 2 is 2.07 bits per heavy atom. The first kappa shape index (κ1) is 19.7. The number of benzene rings is 1. The van der Waals surface area contributed by atoms with E-state index < -0.39 is 0 Å². The van der Waals surface area contributed by atoms with Crippen molar-refractivity contribution in [2.45, 2.75) is 6.54 Å². The number of ether oxygens (including phenoxy) is 2. The van der Waals surface area contributed by atoms with Crippen molar-refractivity contribution in [3.8, 4) is 11.6 Å². The first-order chi connectivity index (χ1) is 14.7.